The molecule has 0 aliphatic rings. The smallest absolute Gasteiger partial charge is 0.182 e. The Morgan fingerprint density at radius 1 is 1.47 bits per heavy atom. The van der Waals surface area contributed by atoms with Crippen LogP contribution in [-0.2, 0) is 9.84 Å². The maximum absolute atomic E-state index is 13.8. The number of benzene rings is 1. The van der Waals surface area contributed by atoms with Gasteiger partial charge in [-0.1, -0.05) is 6.07 Å². The second-order valence-corrected chi connectivity index (χ2v) is 6.47. The number of hydrogen-bond acceptors (Lipinski definition) is 5. The molecule has 0 amide bonds. The maximum Gasteiger partial charge on any atom is 0.182 e. The molecule has 0 fully saturated rings. The van der Waals surface area contributed by atoms with Crippen molar-refractivity contribution in [3.63, 3.8) is 0 Å². The summed E-state index contributed by atoms with van der Waals surface area (Å²) in [6.45, 7) is 0. The Kier molecular flexibility index (Phi) is 5.02. The third-order valence-corrected chi connectivity index (χ3v) is 3.56. The second kappa shape index (κ2) is 6.12. The van der Waals surface area contributed by atoms with E-state index in [1.807, 2.05) is 0 Å². The lowest BCUT2D eigenvalue weighted by Crippen LogP contribution is -2.33. The molecule has 0 saturated carbocycles. The van der Waals surface area contributed by atoms with Gasteiger partial charge >= 0.3 is 0 Å². The number of carbonyl (C=O) groups is 1. The van der Waals surface area contributed by atoms with Gasteiger partial charge in [0.2, 0.25) is 0 Å². The molecule has 5 nitrogen and oxygen atoms in total. The monoisotopic (exact) mass is 289 g/mol. The molecule has 0 saturated heterocycles. The van der Waals surface area contributed by atoms with E-state index >= 15 is 0 Å². The summed E-state index contributed by atoms with van der Waals surface area (Å²) in [5.74, 6) is -1.70. The highest BCUT2D eigenvalue weighted by Gasteiger charge is 2.22. The molecule has 0 heterocycles. The summed E-state index contributed by atoms with van der Waals surface area (Å²) < 4.78 is 40.6. The largest absolute Gasteiger partial charge is 0.494 e. The van der Waals surface area contributed by atoms with Gasteiger partial charge in [-0.25, -0.2) is 12.8 Å². The first-order valence-corrected chi connectivity index (χ1v) is 7.62. The van der Waals surface area contributed by atoms with Crippen molar-refractivity contribution in [3.8, 4) is 5.75 Å². The van der Waals surface area contributed by atoms with Gasteiger partial charge in [-0.2, -0.15) is 0 Å². The zero-order valence-electron chi connectivity index (χ0n) is 10.7. The first kappa shape index (κ1) is 15.6. The van der Waals surface area contributed by atoms with Crippen LogP contribution in [0.5, 0.6) is 5.75 Å². The van der Waals surface area contributed by atoms with Crippen LogP contribution in [0.3, 0.4) is 0 Å². The topological polar surface area (TPSA) is 86.5 Å². The summed E-state index contributed by atoms with van der Waals surface area (Å²) >= 11 is 0. The lowest BCUT2D eigenvalue weighted by Gasteiger charge is -2.12. The van der Waals surface area contributed by atoms with Crippen molar-refractivity contribution in [1.82, 2.24) is 0 Å². The van der Waals surface area contributed by atoms with Crippen molar-refractivity contribution in [2.75, 3.05) is 19.1 Å². The van der Waals surface area contributed by atoms with Gasteiger partial charge in [-0.05, 0) is 18.6 Å². The fourth-order valence-electron chi connectivity index (χ4n) is 1.53. The van der Waals surface area contributed by atoms with E-state index in [1.165, 1.54) is 25.3 Å². The number of ether oxygens (including phenoxy) is 1. The molecule has 0 radical (unpaired) electrons. The van der Waals surface area contributed by atoms with Gasteiger partial charge in [-0.3, -0.25) is 4.79 Å². The Balaban J connectivity index is 2.88. The zero-order valence-corrected chi connectivity index (χ0v) is 11.5. The molecule has 1 unspecified atom stereocenters. The van der Waals surface area contributed by atoms with Gasteiger partial charge in [0.05, 0.1) is 24.5 Å². The zero-order chi connectivity index (χ0) is 14.6. The predicted molar refractivity (Wildman–Crippen MR) is 69.6 cm³/mol. The SMILES string of the molecule is COc1cccc(C(=O)C(N)CCS(C)(=O)=O)c1F. The third-order valence-electron chi connectivity index (χ3n) is 2.59. The van der Waals surface area contributed by atoms with E-state index in [0.717, 1.165) is 6.26 Å². The van der Waals surface area contributed by atoms with Crippen molar-refractivity contribution >= 4 is 15.6 Å². The number of carbonyl (C=O) groups excluding carboxylic acids is 1. The molecule has 1 aromatic rings. The van der Waals surface area contributed by atoms with Gasteiger partial charge in [0.1, 0.15) is 9.84 Å². The van der Waals surface area contributed by atoms with Crippen molar-refractivity contribution < 1.29 is 22.3 Å². The predicted octanol–water partition coefficient (Wildman–Crippen LogP) is 0.779. The Hall–Kier alpha value is -1.47. The molecule has 0 aromatic heterocycles. The van der Waals surface area contributed by atoms with E-state index in [9.17, 15) is 17.6 Å². The average Bonchev–Trinajstić information content (AvgIpc) is 2.34. The van der Waals surface area contributed by atoms with Gasteiger partial charge in [-0.15, -0.1) is 0 Å². The summed E-state index contributed by atoms with van der Waals surface area (Å²) in [5, 5.41) is 0. The number of nitrogens with two attached hydrogens (primary N) is 1. The number of halogens is 1. The van der Waals surface area contributed by atoms with Crippen molar-refractivity contribution in [2.24, 2.45) is 5.73 Å². The van der Waals surface area contributed by atoms with Crippen LogP contribution < -0.4 is 10.5 Å². The molecule has 2 N–H and O–H groups in total. The highest BCUT2D eigenvalue weighted by molar-refractivity contribution is 7.90. The van der Waals surface area contributed by atoms with E-state index in [1.54, 1.807) is 0 Å². The molecule has 0 spiro atoms. The van der Waals surface area contributed by atoms with Gasteiger partial charge < -0.3 is 10.5 Å². The summed E-state index contributed by atoms with van der Waals surface area (Å²) in [6, 6.07) is 3.09. The quantitative estimate of drug-likeness (QED) is 0.782. The van der Waals surface area contributed by atoms with Crippen molar-refractivity contribution in [2.45, 2.75) is 12.5 Å². The third kappa shape index (κ3) is 4.29. The van der Waals surface area contributed by atoms with E-state index in [2.05, 4.69) is 0 Å². The fraction of sp³-hybridized carbons (Fsp3) is 0.417. The van der Waals surface area contributed by atoms with E-state index in [4.69, 9.17) is 10.5 Å². The summed E-state index contributed by atoms with van der Waals surface area (Å²) in [5.41, 5.74) is 5.40. The van der Waals surface area contributed by atoms with Crippen LogP contribution in [0.4, 0.5) is 4.39 Å². The van der Waals surface area contributed by atoms with Crippen LogP contribution >= 0.6 is 0 Å². The Bertz CT molecular complexity index is 571. The molecule has 7 heteroatoms. The minimum absolute atomic E-state index is 0.0473. The Morgan fingerprint density at radius 3 is 2.63 bits per heavy atom. The first-order valence-electron chi connectivity index (χ1n) is 5.56. The maximum atomic E-state index is 13.8. The number of rotatable bonds is 6. The number of hydrogen-bond donors (Lipinski definition) is 1. The molecule has 0 bridgehead atoms. The van der Waals surface area contributed by atoms with Crippen molar-refractivity contribution in [3.05, 3.63) is 29.6 Å². The molecular weight excluding hydrogens is 273 g/mol. The van der Waals surface area contributed by atoms with Gasteiger partial charge in [0, 0.05) is 6.26 Å². The number of methoxy groups -OCH3 is 1. The number of ketones is 1. The van der Waals surface area contributed by atoms with E-state index in [0.29, 0.717) is 0 Å². The minimum Gasteiger partial charge on any atom is -0.494 e. The molecule has 1 aromatic carbocycles. The van der Waals surface area contributed by atoms with E-state index in [-0.39, 0.29) is 23.5 Å². The molecule has 1 atom stereocenters. The van der Waals surface area contributed by atoms with Crippen LogP contribution in [0, 0.1) is 5.82 Å². The van der Waals surface area contributed by atoms with Gasteiger partial charge in [0.25, 0.3) is 0 Å². The molecule has 0 aliphatic heterocycles. The van der Waals surface area contributed by atoms with Crippen LogP contribution in [-0.4, -0.2) is 39.4 Å². The highest BCUT2D eigenvalue weighted by Crippen LogP contribution is 2.21. The van der Waals surface area contributed by atoms with Gasteiger partial charge in [0.15, 0.2) is 17.3 Å². The molecule has 0 aliphatic carbocycles. The van der Waals surface area contributed by atoms with Crippen LogP contribution in [0.2, 0.25) is 0 Å². The lowest BCUT2D eigenvalue weighted by atomic mass is 10.0. The lowest BCUT2D eigenvalue weighted by molar-refractivity contribution is 0.0955. The normalized spacial score (nSPS) is 13.1. The second-order valence-electron chi connectivity index (χ2n) is 4.21. The molecule has 1 rings (SSSR count). The molecule has 19 heavy (non-hydrogen) atoms. The molecule has 106 valence electrons. The number of sulfone groups is 1. The van der Waals surface area contributed by atoms with Crippen LogP contribution in [0.25, 0.3) is 0 Å². The minimum atomic E-state index is -3.21. The van der Waals surface area contributed by atoms with E-state index < -0.39 is 27.5 Å². The van der Waals surface area contributed by atoms with Crippen molar-refractivity contribution in [1.29, 1.82) is 0 Å². The average molecular weight is 289 g/mol. The first-order chi connectivity index (χ1) is 8.76. The summed E-state index contributed by atoms with van der Waals surface area (Å²) in [4.78, 5) is 11.9. The Morgan fingerprint density at radius 2 is 2.11 bits per heavy atom. The summed E-state index contributed by atoms with van der Waals surface area (Å²) in [6.07, 6.45) is 1.00. The van der Waals surface area contributed by atoms with Crippen LogP contribution in [0.15, 0.2) is 18.2 Å². The number of Topliss-reactive ketones (excluding diaryl/α,β-unsaturated/α-hetero) is 1. The fourth-order valence-corrected chi connectivity index (χ4v) is 2.21. The highest BCUT2D eigenvalue weighted by atomic mass is 32.2. The Labute approximate surface area is 111 Å². The van der Waals surface area contributed by atoms with Crippen LogP contribution in [0.1, 0.15) is 16.8 Å². The summed E-state index contributed by atoms with van der Waals surface area (Å²) in [7, 11) is -1.92. The standard InChI is InChI=1S/C12H16FNO4S/c1-18-10-5-3-4-8(11(10)13)12(15)9(14)6-7-19(2,16)17/h3-5,9H,6-7,14H2,1-2H3. The molecular formula is C12H16FNO4S.